The summed E-state index contributed by atoms with van der Waals surface area (Å²) in [5, 5.41) is 0. The third-order valence-corrected chi connectivity index (χ3v) is 3.54. The lowest BCUT2D eigenvalue weighted by atomic mass is 9.68. The van der Waals surface area contributed by atoms with Gasteiger partial charge in [-0.05, 0) is 37.5 Å². The van der Waals surface area contributed by atoms with Gasteiger partial charge in [-0.1, -0.05) is 31.4 Å². The zero-order valence-corrected chi connectivity index (χ0v) is 7.69. The average molecular weight is 150 g/mol. The smallest absolute Gasteiger partial charge is 0.0192 e. The second-order valence-electron chi connectivity index (χ2n) is 4.25. The maximum Gasteiger partial charge on any atom is -0.0192 e. The number of hydrogen-bond acceptors (Lipinski definition) is 0. The minimum atomic E-state index is 0.944. The molecule has 0 heterocycles. The maximum atomic E-state index is 2.39. The predicted octanol–water partition coefficient (Wildman–Crippen LogP) is 3.53. The fourth-order valence-corrected chi connectivity index (χ4v) is 2.59. The van der Waals surface area contributed by atoms with Crippen LogP contribution in [0.5, 0.6) is 0 Å². The van der Waals surface area contributed by atoms with Gasteiger partial charge in [-0.2, -0.15) is 0 Å². The molecule has 2 atom stereocenters. The van der Waals surface area contributed by atoms with Crippen LogP contribution < -0.4 is 0 Å². The summed E-state index contributed by atoms with van der Waals surface area (Å²) in [7, 11) is 0. The first kappa shape index (κ1) is 7.39. The van der Waals surface area contributed by atoms with E-state index in [9.17, 15) is 0 Å². The molecule has 0 aromatic carbocycles. The average Bonchev–Trinajstić information content (AvgIpc) is 2.03. The van der Waals surface area contributed by atoms with Gasteiger partial charge in [0, 0.05) is 0 Å². The van der Waals surface area contributed by atoms with Crippen LogP contribution in [0.15, 0.2) is 11.1 Å². The zero-order valence-electron chi connectivity index (χ0n) is 7.69. The first-order valence-corrected chi connectivity index (χ1v) is 5.02. The molecule has 0 aromatic heterocycles. The van der Waals surface area contributed by atoms with E-state index in [1.54, 1.807) is 0 Å². The summed E-state index contributed by atoms with van der Waals surface area (Å²) in [6, 6.07) is 0. The molecule has 0 aromatic rings. The molecule has 0 aliphatic heterocycles. The molecule has 0 bridgehead atoms. The molecule has 62 valence electrons. The molecule has 0 saturated heterocycles. The summed E-state index contributed by atoms with van der Waals surface area (Å²) < 4.78 is 0. The molecule has 0 N–H and O–H groups in total. The number of allylic oxidation sites excluding steroid dienone is 2. The Balaban J connectivity index is 2.05. The lowest BCUT2D eigenvalue weighted by Gasteiger charge is -2.38. The molecule has 2 unspecified atom stereocenters. The van der Waals surface area contributed by atoms with E-state index < -0.39 is 0 Å². The lowest BCUT2D eigenvalue weighted by molar-refractivity contribution is 0.368. The van der Waals surface area contributed by atoms with Crippen LogP contribution in [0.25, 0.3) is 0 Å². The van der Waals surface area contributed by atoms with Crippen LogP contribution in [-0.2, 0) is 0 Å². The van der Waals surface area contributed by atoms with E-state index in [1.807, 2.05) is 11.1 Å². The van der Waals surface area contributed by atoms with Gasteiger partial charge in [0.2, 0.25) is 0 Å². The van der Waals surface area contributed by atoms with E-state index in [-0.39, 0.29) is 0 Å². The molecule has 2 aliphatic carbocycles. The fraction of sp³-hybridized carbons (Fsp3) is 0.818. The predicted molar refractivity (Wildman–Crippen MR) is 48.4 cm³/mol. The fourth-order valence-electron chi connectivity index (χ4n) is 2.59. The Morgan fingerprint density at radius 1 is 1.36 bits per heavy atom. The van der Waals surface area contributed by atoms with Crippen molar-refractivity contribution in [2.75, 3.05) is 0 Å². The maximum absolute atomic E-state index is 2.39. The van der Waals surface area contributed by atoms with Gasteiger partial charge in [-0.25, -0.2) is 0 Å². The minimum Gasteiger partial charge on any atom is -0.0701 e. The van der Waals surface area contributed by atoms with E-state index in [4.69, 9.17) is 0 Å². The van der Waals surface area contributed by atoms with Crippen molar-refractivity contribution >= 4 is 0 Å². The Morgan fingerprint density at radius 2 is 2.18 bits per heavy atom. The topological polar surface area (TPSA) is 0 Å². The first-order chi connectivity index (χ1) is 5.31. The van der Waals surface area contributed by atoms with Crippen molar-refractivity contribution in [3.63, 3.8) is 0 Å². The van der Waals surface area contributed by atoms with Crippen LogP contribution in [0, 0.1) is 11.8 Å². The molecule has 2 rings (SSSR count). The van der Waals surface area contributed by atoms with Crippen molar-refractivity contribution in [1.29, 1.82) is 0 Å². The Labute approximate surface area is 69.7 Å². The Hall–Kier alpha value is -0.260. The first-order valence-electron chi connectivity index (χ1n) is 5.02. The van der Waals surface area contributed by atoms with Crippen LogP contribution in [0.4, 0.5) is 0 Å². The van der Waals surface area contributed by atoms with Gasteiger partial charge in [-0.3, -0.25) is 0 Å². The molecular formula is C11H18. The largest absolute Gasteiger partial charge is 0.0701 e. The summed E-state index contributed by atoms with van der Waals surface area (Å²) >= 11 is 0. The Bertz CT molecular complexity index is 188. The van der Waals surface area contributed by atoms with Crippen LogP contribution in [0.3, 0.4) is 0 Å². The van der Waals surface area contributed by atoms with Gasteiger partial charge in [0.05, 0.1) is 0 Å². The molecule has 0 nitrogen and oxygen atoms in total. The molecule has 0 saturated carbocycles. The summed E-state index contributed by atoms with van der Waals surface area (Å²) in [6.07, 6.45) is 7.16. The van der Waals surface area contributed by atoms with Crippen LogP contribution in [0.2, 0.25) is 0 Å². The number of rotatable bonds is 1. The highest BCUT2D eigenvalue weighted by molar-refractivity contribution is 5.30. The van der Waals surface area contributed by atoms with Gasteiger partial charge in [0.25, 0.3) is 0 Å². The molecule has 0 radical (unpaired) electrons. The molecule has 0 amide bonds. The molecule has 0 heteroatoms. The highest BCUT2D eigenvalue weighted by atomic mass is 14.4. The number of hydrogen-bond donors (Lipinski definition) is 0. The lowest BCUT2D eigenvalue weighted by Crippen LogP contribution is -2.23. The van der Waals surface area contributed by atoms with E-state index in [0.29, 0.717) is 0 Å². The molecule has 2 aliphatic rings. The Morgan fingerprint density at radius 3 is 2.82 bits per heavy atom. The third-order valence-electron chi connectivity index (χ3n) is 3.54. The van der Waals surface area contributed by atoms with Crippen molar-refractivity contribution in [2.24, 2.45) is 11.8 Å². The van der Waals surface area contributed by atoms with Crippen LogP contribution >= 0.6 is 0 Å². The SMILES string of the molecule is CCC1CCC2=C(C1)C(C)C2. The zero-order chi connectivity index (χ0) is 7.84. The molecular weight excluding hydrogens is 132 g/mol. The summed E-state index contributed by atoms with van der Waals surface area (Å²) in [5.41, 5.74) is 3.66. The van der Waals surface area contributed by atoms with Crippen molar-refractivity contribution in [3.05, 3.63) is 11.1 Å². The van der Waals surface area contributed by atoms with E-state index in [0.717, 1.165) is 11.8 Å². The van der Waals surface area contributed by atoms with Gasteiger partial charge in [0.1, 0.15) is 0 Å². The monoisotopic (exact) mass is 150 g/mol. The standard InChI is InChI=1S/C11H18/c1-3-9-4-5-10-6-8(2)11(10)7-9/h8-9H,3-7H2,1-2H3. The van der Waals surface area contributed by atoms with Gasteiger partial charge < -0.3 is 0 Å². The van der Waals surface area contributed by atoms with Crippen molar-refractivity contribution in [3.8, 4) is 0 Å². The normalized spacial score (nSPS) is 36.5. The summed E-state index contributed by atoms with van der Waals surface area (Å²) in [6.45, 7) is 4.72. The second-order valence-corrected chi connectivity index (χ2v) is 4.25. The highest BCUT2D eigenvalue weighted by Crippen LogP contribution is 2.46. The molecule has 0 fully saturated rings. The third kappa shape index (κ3) is 1.13. The quantitative estimate of drug-likeness (QED) is 0.502. The highest BCUT2D eigenvalue weighted by Gasteiger charge is 2.30. The minimum absolute atomic E-state index is 0.944. The van der Waals surface area contributed by atoms with Gasteiger partial charge >= 0.3 is 0 Å². The van der Waals surface area contributed by atoms with E-state index in [1.165, 1.54) is 32.1 Å². The van der Waals surface area contributed by atoms with Crippen molar-refractivity contribution in [1.82, 2.24) is 0 Å². The van der Waals surface area contributed by atoms with E-state index in [2.05, 4.69) is 13.8 Å². The van der Waals surface area contributed by atoms with Gasteiger partial charge in [-0.15, -0.1) is 0 Å². The summed E-state index contributed by atoms with van der Waals surface area (Å²) in [5.74, 6) is 1.97. The van der Waals surface area contributed by atoms with E-state index >= 15 is 0 Å². The molecule has 11 heavy (non-hydrogen) atoms. The summed E-state index contributed by atoms with van der Waals surface area (Å²) in [4.78, 5) is 0. The van der Waals surface area contributed by atoms with Crippen LogP contribution in [0.1, 0.15) is 46.0 Å². The van der Waals surface area contributed by atoms with Crippen molar-refractivity contribution in [2.45, 2.75) is 46.0 Å². The van der Waals surface area contributed by atoms with Crippen LogP contribution in [-0.4, -0.2) is 0 Å². The van der Waals surface area contributed by atoms with Crippen molar-refractivity contribution < 1.29 is 0 Å². The Kier molecular flexibility index (Phi) is 1.78. The second kappa shape index (κ2) is 2.66. The van der Waals surface area contributed by atoms with Gasteiger partial charge in [0.15, 0.2) is 0 Å². The molecule has 0 spiro atoms.